The van der Waals surface area contributed by atoms with E-state index in [0.717, 1.165) is 0 Å². The minimum atomic E-state index is -3.30. The Kier molecular flexibility index (Phi) is 5.29. The van der Waals surface area contributed by atoms with Crippen LogP contribution in [0.1, 0.15) is 56.9 Å². The van der Waals surface area contributed by atoms with Crippen molar-refractivity contribution in [1.29, 1.82) is 0 Å². The SMILES string of the molecule is CC(C)(C)OC(=O)NC1C(F)(F)CN(C(=O)c2cccc(Cl)n2)C12CCCC2. The van der Waals surface area contributed by atoms with Gasteiger partial charge in [-0.25, -0.2) is 18.6 Å². The van der Waals surface area contributed by atoms with Gasteiger partial charge in [0, 0.05) is 0 Å². The molecule has 1 spiro atoms. The number of carbonyl (C=O) groups excluding carboxylic acids is 2. The molecule has 1 aliphatic carbocycles. The van der Waals surface area contributed by atoms with E-state index < -0.39 is 41.6 Å². The Balaban J connectivity index is 1.93. The maximum absolute atomic E-state index is 15.0. The number of alkyl carbamates (subject to hydrolysis) is 1. The van der Waals surface area contributed by atoms with Crippen LogP contribution in [-0.2, 0) is 4.74 Å². The standard InChI is InChI=1S/C19H24ClF2N3O3/c1-17(2,3)28-16(27)24-15-18(9-4-5-10-18)25(11-19(15,21)22)14(26)12-7-6-8-13(20)23-12/h6-8,15H,4-5,9-11H2,1-3H3,(H,24,27). The van der Waals surface area contributed by atoms with Gasteiger partial charge in [-0.1, -0.05) is 30.5 Å². The number of carbonyl (C=O) groups is 2. The lowest BCUT2D eigenvalue weighted by Crippen LogP contribution is -2.59. The predicted octanol–water partition coefficient (Wildman–Crippen LogP) is 4.03. The lowest BCUT2D eigenvalue weighted by Gasteiger charge is -2.39. The Bertz CT molecular complexity index is 776. The highest BCUT2D eigenvalue weighted by molar-refractivity contribution is 6.29. The van der Waals surface area contributed by atoms with Gasteiger partial charge in [-0.2, -0.15) is 0 Å². The number of aromatic nitrogens is 1. The van der Waals surface area contributed by atoms with E-state index in [2.05, 4.69) is 10.3 Å². The third-order valence-electron chi connectivity index (χ3n) is 5.18. The van der Waals surface area contributed by atoms with Crippen molar-refractivity contribution in [2.75, 3.05) is 6.54 Å². The first-order valence-corrected chi connectivity index (χ1v) is 9.64. The second kappa shape index (κ2) is 7.13. The van der Waals surface area contributed by atoms with Crippen LogP contribution in [0.2, 0.25) is 5.15 Å². The summed E-state index contributed by atoms with van der Waals surface area (Å²) in [4.78, 5) is 30.4. The van der Waals surface area contributed by atoms with Gasteiger partial charge in [0.05, 0.1) is 12.1 Å². The average molecular weight is 416 g/mol. The number of nitrogens with one attached hydrogen (secondary N) is 1. The maximum Gasteiger partial charge on any atom is 0.408 e. The van der Waals surface area contributed by atoms with Crippen molar-refractivity contribution in [3.63, 3.8) is 0 Å². The van der Waals surface area contributed by atoms with Crippen molar-refractivity contribution in [2.24, 2.45) is 0 Å². The highest BCUT2D eigenvalue weighted by atomic mass is 35.5. The number of nitrogens with zero attached hydrogens (tertiary/aromatic N) is 2. The quantitative estimate of drug-likeness (QED) is 0.740. The number of hydrogen-bond donors (Lipinski definition) is 1. The van der Waals surface area contributed by atoms with E-state index in [4.69, 9.17) is 16.3 Å². The lowest BCUT2D eigenvalue weighted by molar-refractivity contribution is -0.0229. The van der Waals surface area contributed by atoms with Crippen molar-refractivity contribution >= 4 is 23.6 Å². The first-order valence-electron chi connectivity index (χ1n) is 9.26. The molecule has 0 aromatic carbocycles. The molecule has 1 saturated heterocycles. The molecule has 0 bridgehead atoms. The zero-order chi connectivity index (χ0) is 20.7. The third kappa shape index (κ3) is 3.92. The number of pyridine rings is 1. The van der Waals surface area contributed by atoms with Crippen LogP contribution in [-0.4, -0.2) is 51.5 Å². The number of rotatable bonds is 2. The van der Waals surface area contributed by atoms with Crippen LogP contribution in [0.5, 0.6) is 0 Å². The van der Waals surface area contributed by atoms with Gasteiger partial charge in [0.1, 0.15) is 22.5 Å². The summed E-state index contributed by atoms with van der Waals surface area (Å²) in [5.41, 5.74) is -1.99. The zero-order valence-electron chi connectivity index (χ0n) is 16.1. The fraction of sp³-hybridized carbons (Fsp3) is 0.632. The summed E-state index contributed by atoms with van der Waals surface area (Å²) < 4.78 is 35.2. The maximum atomic E-state index is 15.0. The van der Waals surface area contributed by atoms with E-state index in [1.165, 1.54) is 17.0 Å². The minimum absolute atomic E-state index is 0.00694. The minimum Gasteiger partial charge on any atom is -0.444 e. The van der Waals surface area contributed by atoms with Gasteiger partial charge in [-0.15, -0.1) is 0 Å². The molecule has 6 nitrogen and oxygen atoms in total. The second-order valence-electron chi connectivity index (χ2n) is 8.39. The summed E-state index contributed by atoms with van der Waals surface area (Å²) in [6, 6.07) is 2.98. The first-order chi connectivity index (χ1) is 12.9. The molecule has 154 valence electrons. The van der Waals surface area contributed by atoms with Gasteiger partial charge in [-0.3, -0.25) is 4.79 Å². The van der Waals surface area contributed by atoms with Crippen LogP contribution in [0, 0.1) is 0 Å². The lowest BCUT2D eigenvalue weighted by atomic mass is 9.87. The fourth-order valence-corrected chi connectivity index (χ4v) is 4.32. The monoisotopic (exact) mass is 415 g/mol. The van der Waals surface area contributed by atoms with Gasteiger partial charge in [0.15, 0.2) is 0 Å². The van der Waals surface area contributed by atoms with E-state index in [9.17, 15) is 18.4 Å². The highest BCUT2D eigenvalue weighted by Crippen LogP contribution is 2.49. The van der Waals surface area contributed by atoms with E-state index in [1.54, 1.807) is 26.8 Å². The summed E-state index contributed by atoms with van der Waals surface area (Å²) in [6.45, 7) is 4.18. The van der Waals surface area contributed by atoms with Crippen molar-refractivity contribution in [3.8, 4) is 0 Å². The molecule has 1 aliphatic heterocycles. The molecule has 1 aromatic rings. The summed E-state index contributed by atoms with van der Waals surface area (Å²) in [6.07, 6.45) is 1.20. The fourth-order valence-electron chi connectivity index (χ4n) is 4.16. The van der Waals surface area contributed by atoms with Crippen LogP contribution in [0.4, 0.5) is 13.6 Å². The molecule has 28 heavy (non-hydrogen) atoms. The molecule has 9 heteroatoms. The van der Waals surface area contributed by atoms with Crippen molar-refractivity contribution in [1.82, 2.24) is 15.2 Å². The molecule has 2 fully saturated rings. The largest absolute Gasteiger partial charge is 0.444 e. The average Bonchev–Trinajstić information content (AvgIpc) is 3.12. The Labute approximate surface area is 167 Å². The van der Waals surface area contributed by atoms with E-state index in [-0.39, 0.29) is 10.8 Å². The number of ether oxygens (including phenoxy) is 1. The topological polar surface area (TPSA) is 71.5 Å². The van der Waals surface area contributed by atoms with Crippen molar-refractivity contribution in [3.05, 3.63) is 29.0 Å². The summed E-state index contributed by atoms with van der Waals surface area (Å²) >= 11 is 5.86. The summed E-state index contributed by atoms with van der Waals surface area (Å²) in [5, 5.41) is 2.47. The zero-order valence-corrected chi connectivity index (χ0v) is 16.9. The molecule has 1 aromatic heterocycles. The summed E-state index contributed by atoms with van der Waals surface area (Å²) in [5.74, 6) is -3.91. The Morgan fingerprint density at radius 2 is 1.93 bits per heavy atom. The van der Waals surface area contributed by atoms with E-state index >= 15 is 0 Å². The Morgan fingerprint density at radius 3 is 2.50 bits per heavy atom. The van der Waals surface area contributed by atoms with Crippen LogP contribution >= 0.6 is 11.6 Å². The van der Waals surface area contributed by atoms with Crippen LogP contribution in [0.15, 0.2) is 18.2 Å². The van der Waals surface area contributed by atoms with Crippen LogP contribution < -0.4 is 5.32 Å². The molecule has 1 saturated carbocycles. The number of hydrogen-bond acceptors (Lipinski definition) is 4. The number of amides is 2. The highest BCUT2D eigenvalue weighted by Gasteiger charge is 2.66. The van der Waals surface area contributed by atoms with Crippen molar-refractivity contribution in [2.45, 2.75) is 69.6 Å². The smallest absolute Gasteiger partial charge is 0.408 e. The third-order valence-corrected chi connectivity index (χ3v) is 5.39. The van der Waals surface area contributed by atoms with Crippen molar-refractivity contribution < 1.29 is 23.1 Å². The second-order valence-corrected chi connectivity index (χ2v) is 8.78. The number of likely N-dealkylation sites (tertiary alicyclic amines) is 1. The Hall–Kier alpha value is -1.96. The Morgan fingerprint density at radius 1 is 1.29 bits per heavy atom. The molecule has 2 aliphatic rings. The van der Waals surface area contributed by atoms with Gasteiger partial charge in [0.2, 0.25) is 0 Å². The van der Waals surface area contributed by atoms with Gasteiger partial charge in [0.25, 0.3) is 11.8 Å². The normalized spacial score (nSPS) is 23.1. The van der Waals surface area contributed by atoms with E-state index in [0.29, 0.717) is 25.7 Å². The van der Waals surface area contributed by atoms with Gasteiger partial charge in [-0.05, 0) is 45.7 Å². The molecule has 0 radical (unpaired) electrons. The molecule has 2 heterocycles. The molecule has 1 unspecified atom stereocenters. The molecular weight excluding hydrogens is 392 g/mol. The molecular formula is C19H24ClF2N3O3. The van der Waals surface area contributed by atoms with Gasteiger partial charge < -0.3 is 15.0 Å². The number of alkyl halides is 2. The van der Waals surface area contributed by atoms with Crippen LogP contribution in [0.3, 0.4) is 0 Å². The predicted molar refractivity (Wildman–Crippen MR) is 99.6 cm³/mol. The van der Waals surface area contributed by atoms with E-state index in [1.807, 2.05) is 0 Å². The molecule has 1 atom stereocenters. The number of halogens is 3. The molecule has 3 rings (SSSR count). The first kappa shape index (κ1) is 20.8. The molecule has 2 amide bonds. The summed E-state index contributed by atoms with van der Waals surface area (Å²) in [7, 11) is 0. The van der Waals surface area contributed by atoms with Gasteiger partial charge >= 0.3 is 6.09 Å². The van der Waals surface area contributed by atoms with Crippen LogP contribution in [0.25, 0.3) is 0 Å². The molecule has 1 N–H and O–H groups in total.